The molecule has 0 saturated carbocycles. The number of nitrogen functional groups attached to an aromatic ring is 1. The maximum Gasteiger partial charge on any atom is 0.254 e. The summed E-state index contributed by atoms with van der Waals surface area (Å²) in [6.45, 7) is 5.03. The molecule has 0 atom stereocenters. The Morgan fingerprint density at radius 2 is 1.84 bits per heavy atom. The largest absolute Gasteiger partial charge is 0.366 e. The molecule has 9 heteroatoms. The Hall–Kier alpha value is -3.49. The van der Waals surface area contributed by atoms with Gasteiger partial charge in [-0.25, -0.2) is 4.98 Å². The number of nitrogens with one attached hydrogen (secondary N) is 1. The highest BCUT2D eigenvalue weighted by atomic mass is 16.2. The fraction of sp³-hybridized carbons (Fsp3) is 0.435. The van der Waals surface area contributed by atoms with Crippen molar-refractivity contribution >= 4 is 23.5 Å². The topological polar surface area (TPSA) is 119 Å². The molecule has 0 aliphatic carbocycles. The van der Waals surface area contributed by atoms with Crippen LogP contribution in [0.3, 0.4) is 0 Å². The van der Waals surface area contributed by atoms with Gasteiger partial charge in [-0.15, -0.1) is 5.10 Å². The quantitative estimate of drug-likeness (QED) is 0.607. The zero-order valence-corrected chi connectivity index (χ0v) is 18.5. The normalized spacial score (nSPS) is 14.6. The number of nitrogens with two attached hydrogens (primary N) is 1. The fourth-order valence-corrected chi connectivity index (χ4v) is 4.22. The molecular formula is C23H29N7O2. The number of nitrogens with zero attached hydrogens (tertiary/aromatic N) is 5. The molecule has 2 amide bonds. The first-order valence-corrected chi connectivity index (χ1v) is 11.0. The van der Waals surface area contributed by atoms with Crippen LogP contribution in [0.15, 0.2) is 30.3 Å². The summed E-state index contributed by atoms with van der Waals surface area (Å²) in [6, 6.07) is 10.1. The van der Waals surface area contributed by atoms with E-state index in [-0.39, 0.29) is 30.2 Å². The molecule has 1 aliphatic rings. The van der Waals surface area contributed by atoms with E-state index in [1.54, 1.807) is 4.52 Å². The smallest absolute Gasteiger partial charge is 0.254 e. The van der Waals surface area contributed by atoms with Crippen molar-refractivity contribution in [1.29, 1.82) is 0 Å². The summed E-state index contributed by atoms with van der Waals surface area (Å²) in [4.78, 5) is 35.6. The summed E-state index contributed by atoms with van der Waals surface area (Å²) in [5.41, 5.74) is 9.28. The van der Waals surface area contributed by atoms with E-state index in [2.05, 4.69) is 20.4 Å². The Morgan fingerprint density at radius 1 is 1.12 bits per heavy atom. The minimum Gasteiger partial charge on any atom is -0.366 e. The van der Waals surface area contributed by atoms with Gasteiger partial charge in [0.15, 0.2) is 0 Å². The van der Waals surface area contributed by atoms with Crippen molar-refractivity contribution in [1.82, 2.24) is 29.8 Å². The van der Waals surface area contributed by atoms with Gasteiger partial charge in [0.25, 0.3) is 5.78 Å². The van der Waals surface area contributed by atoms with Gasteiger partial charge >= 0.3 is 0 Å². The first-order chi connectivity index (χ1) is 15.4. The average Bonchev–Trinajstić information content (AvgIpc) is 3.16. The van der Waals surface area contributed by atoms with Gasteiger partial charge in [-0.1, -0.05) is 30.3 Å². The van der Waals surface area contributed by atoms with E-state index in [1.165, 1.54) is 0 Å². The van der Waals surface area contributed by atoms with Gasteiger partial charge in [-0.3, -0.25) is 9.59 Å². The van der Waals surface area contributed by atoms with Gasteiger partial charge in [-0.05, 0) is 38.7 Å². The number of fused-ring (bicyclic) bond motifs is 1. The first-order valence-electron chi connectivity index (χ1n) is 11.0. The van der Waals surface area contributed by atoms with Crippen LogP contribution >= 0.6 is 0 Å². The molecule has 32 heavy (non-hydrogen) atoms. The maximum atomic E-state index is 12.9. The SMILES string of the molecule is Cc1nc2nc(N)nn2c(C)c1CC(=O)N1CCC(NC(=O)CCc2ccccc2)CC1. The van der Waals surface area contributed by atoms with Gasteiger partial charge < -0.3 is 16.0 Å². The fourth-order valence-electron chi connectivity index (χ4n) is 4.22. The third-order valence-corrected chi connectivity index (χ3v) is 6.09. The van der Waals surface area contributed by atoms with E-state index in [4.69, 9.17) is 5.73 Å². The van der Waals surface area contributed by atoms with Crippen molar-refractivity contribution in [2.45, 2.75) is 52.0 Å². The van der Waals surface area contributed by atoms with Gasteiger partial charge in [0.2, 0.25) is 17.8 Å². The number of rotatable bonds is 6. The number of anilines is 1. The minimum atomic E-state index is 0.0549. The lowest BCUT2D eigenvalue weighted by Crippen LogP contribution is -2.47. The number of aromatic nitrogens is 4. The van der Waals surface area contributed by atoms with Crippen molar-refractivity contribution in [3.8, 4) is 0 Å². The van der Waals surface area contributed by atoms with E-state index < -0.39 is 0 Å². The number of carbonyl (C=O) groups excluding carboxylic acids is 2. The number of carbonyl (C=O) groups is 2. The second kappa shape index (κ2) is 9.33. The van der Waals surface area contributed by atoms with E-state index in [0.717, 1.165) is 41.8 Å². The molecule has 9 nitrogen and oxygen atoms in total. The minimum absolute atomic E-state index is 0.0549. The van der Waals surface area contributed by atoms with Gasteiger partial charge in [-0.2, -0.15) is 9.50 Å². The molecule has 1 saturated heterocycles. The van der Waals surface area contributed by atoms with Gasteiger partial charge in [0.1, 0.15) is 0 Å². The zero-order chi connectivity index (χ0) is 22.7. The van der Waals surface area contributed by atoms with Crippen LogP contribution in [-0.4, -0.2) is 55.4 Å². The third kappa shape index (κ3) is 4.87. The van der Waals surface area contributed by atoms with Crippen molar-refractivity contribution in [2.75, 3.05) is 18.8 Å². The molecule has 4 rings (SSSR count). The molecule has 0 radical (unpaired) electrons. The van der Waals surface area contributed by atoms with Crippen molar-refractivity contribution in [3.05, 3.63) is 52.8 Å². The number of hydrogen-bond donors (Lipinski definition) is 2. The molecule has 1 fully saturated rings. The summed E-state index contributed by atoms with van der Waals surface area (Å²) >= 11 is 0. The van der Waals surface area contributed by atoms with Crippen LogP contribution in [0.1, 0.15) is 41.8 Å². The van der Waals surface area contributed by atoms with E-state index in [0.29, 0.717) is 25.3 Å². The number of hydrogen-bond acceptors (Lipinski definition) is 6. The molecule has 2 aromatic heterocycles. The highest BCUT2D eigenvalue weighted by Gasteiger charge is 2.25. The number of piperidine rings is 1. The lowest BCUT2D eigenvalue weighted by Gasteiger charge is -2.32. The second-order valence-electron chi connectivity index (χ2n) is 8.33. The van der Waals surface area contributed by atoms with Crippen LogP contribution in [0.5, 0.6) is 0 Å². The molecular weight excluding hydrogens is 406 g/mol. The van der Waals surface area contributed by atoms with Crippen LogP contribution < -0.4 is 11.1 Å². The molecule has 3 heterocycles. The van der Waals surface area contributed by atoms with Crippen molar-refractivity contribution in [2.24, 2.45) is 0 Å². The first kappa shape index (κ1) is 21.7. The van der Waals surface area contributed by atoms with Crippen LogP contribution in [0.4, 0.5) is 5.95 Å². The summed E-state index contributed by atoms with van der Waals surface area (Å²) in [5.74, 6) is 0.726. The molecule has 168 valence electrons. The summed E-state index contributed by atoms with van der Waals surface area (Å²) in [6.07, 6.45) is 2.99. The third-order valence-electron chi connectivity index (χ3n) is 6.09. The molecule has 1 aliphatic heterocycles. The lowest BCUT2D eigenvalue weighted by molar-refractivity contribution is -0.131. The Kier molecular flexibility index (Phi) is 6.34. The van der Waals surface area contributed by atoms with Gasteiger partial charge in [0, 0.05) is 42.5 Å². The Balaban J connectivity index is 1.28. The molecule has 1 aromatic carbocycles. The average molecular weight is 436 g/mol. The maximum absolute atomic E-state index is 12.9. The number of likely N-dealkylation sites (tertiary alicyclic amines) is 1. The molecule has 0 bridgehead atoms. The zero-order valence-electron chi connectivity index (χ0n) is 18.5. The standard InChI is InChI=1S/C23H29N7O2/c1-15-19(16(2)30-23(25-15)27-22(24)28-30)14-21(32)29-12-10-18(11-13-29)26-20(31)9-8-17-6-4-3-5-7-17/h3-7,18H,8-14H2,1-2H3,(H2,24,28)(H,26,31). The summed E-state index contributed by atoms with van der Waals surface area (Å²) < 4.78 is 1.59. The molecule has 3 N–H and O–H groups in total. The Labute approximate surface area is 187 Å². The Morgan fingerprint density at radius 3 is 2.56 bits per heavy atom. The van der Waals surface area contributed by atoms with Gasteiger partial charge in [0.05, 0.1) is 6.42 Å². The molecule has 0 unspecified atom stereocenters. The summed E-state index contributed by atoms with van der Waals surface area (Å²) in [5, 5.41) is 7.28. The summed E-state index contributed by atoms with van der Waals surface area (Å²) in [7, 11) is 0. The molecule has 3 aromatic rings. The van der Waals surface area contributed by atoms with E-state index in [9.17, 15) is 9.59 Å². The number of aryl methyl sites for hydroxylation is 3. The lowest BCUT2D eigenvalue weighted by atomic mass is 10.0. The monoisotopic (exact) mass is 435 g/mol. The Bertz CT molecular complexity index is 1120. The number of benzene rings is 1. The van der Waals surface area contributed by atoms with E-state index in [1.807, 2.05) is 49.1 Å². The highest BCUT2D eigenvalue weighted by molar-refractivity contribution is 5.80. The second-order valence-corrected chi connectivity index (χ2v) is 8.33. The van der Waals surface area contributed by atoms with Crippen molar-refractivity contribution in [3.63, 3.8) is 0 Å². The van der Waals surface area contributed by atoms with Crippen LogP contribution in [0, 0.1) is 13.8 Å². The van der Waals surface area contributed by atoms with Crippen molar-refractivity contribution < 1.29 is 9.59 Å². The predicted molar refractivity (Wildman–Crippen MR) is 121 cm³/mol. The van der Waals surface area contributed by atoms with E-state index >= 15 is 0 Å². The van der Waals surface area contributed by atoms with Crippen LogP contribution in [0.2, 0.25) is 0 Å². The molecule has 0 spiro atoms. The van der Waals surface area contributed by atoms with Crippen LogP contribution in [-0.2, 0) is 22.4 Å². The predicted octanol–water partition coefficient (Wildman–Crippen LogP) is 1.61. The highest BCUT2D eigenvalue weighted by Crippen LogP contribution is 2.18. The number of amides is 2. The van der Waals surface area contributed by atoms with Crippen LogP contribution in [0.25, 0.3) is 5.78 Å².